The monoisotopic (exact) mass is 394 g/mol. The smallest absolute Gasteiger partial charge is 0.138 e. The zero-order chi connectivity index (χ0) is 18.8. The molecule has 1 aliphatic carbocycles. The van der Waals surface area contributed by atoms with E-state index >= 15 is 0 Å². The fraction of sp³-hybridized carbons (Fsp3) is 0.455. The lowest BCUT2D eigenvalue weighted by atomic mass is 9.97. The molecule has 1 aliphatic heterocycles. The van der Waals surface area contributed by atoms with Crippen LogP contribution in [0.15, 0.2) is 36.7 Å². The van der Waals surface area contributed by atoms with Crippen molar-refractivity contribution in [1.82, 2.24) is 14.9 Å². The van der Waals surface area contributed by atoms with Gasteiger partial charge in [0.1, 0.15) is 17.0 Å². The molecule has 28 heavy (non-hydrogen) atoms. The highest BCUT2D eigenvalue weighted by molar-refractivity contribution is 7.19. The number of nitrogens with zero attached hydrogens (tertiary/aromatic N) is 3. The number of ether oxygens (including phenoxy) is 1. The molecular formula is C22H26N4OS. The molecule has 3 heterocycles. The molecule has 1 N–H and O–H groups in total. The summed E-state index contributed by atoms with van der Waals surface area (Å²) >= 11 is 1.85. The van der Waals surface area contributed by atoms with E-state index in [4.69, 9.17) is 4.74 Å². The highest BCUT2D eigenvalue weighted by Crippen LogP contribution is 2.39. The summed E-state index contributed by atoms with van der Waals surface area (Å²) in [5.41, 5.74) is 2.78. The van der Waals surface area contributed by atoms with Crippen LogP contribution in [0, 0.1) is 0 Å². The molecule has 2 aromatic heterocycles. The Morgan fingerprint density at radius 3 is 2.75 bits per heavy atom. The van der Waals surface area contributed by atoms with Crippen LogP contribution < -0.4 is 5.32 Å². The van der Waals surface area contributed by atoms with Crippen molar-refractivity contribution >= 4 is 27.4 Å². The van der Waals surface area contributed by atoms with Gasteiger partial charge >= 0.3 is 0 Å². The lowest BCUT2D eigenvalue weighted by molar-refractivity contribution is 0.0361. The normalized spacial score (nSPS) is 18.7. The number of fused-ring (bicyclic) bond motifs is 3. The molecule has 1 saturated heterocycles. The molecule has 1 fully saturated rings. The second-order valence-corrected chi connectivity index (χ2v) is 8.72. The fourth-order valence-electron chi connectivity index (χ4n) is 4.33. The van der Waals surface area contributed by atoms with E-state index in [9.17, 15) is 0 Å². The van der Waals surface area contributed by atoms with Gasteiger partial charge in [0.15, 0.2) is 0 Å². The fourth-order valence-corrected chi connectivity index (χ4v) is 5.56. The van der Waals surface area contributed by atoms with E-state index in [0.29, 0.717) is 0 Å². The summed E-state index contributed by atoms with van der Waals surface area (Å²) in [5, 5.41) is 5.05. The highest BCUT2D eigenvalue weighted by atomic mass is 32.1. The van der Waals surface area contributed by atoms with Crippen molar-refractivity contribution < 1.29 is 4.74 Å². The van der Waals surface area contributed by atoms with E-state index in [1.807, 2.05) is 11.3 Å². The van der Waals surface area contributed by atoms with Gasteiger partial charge in [-0.3, -0.25) is 4.90 Å². The molecule has 3 aromatic rings. The van der Waals surface area contributed by atoms with Crippen molar-refractivity contribution in [2.24, 2.45) is 0 Å². The molecule has 0 radical (unpaired) electrons. The summed E-state index contributed by atoms with van der Waals surface area (Å²) < 4.78 is 5.53. The number of hydrogen-bond donors (Lipinski definition) is 1. The minimum Gasteiger partial charge on any atom is -0.379 e. The largest absolute Gasteiger partial charge is 0.379 e. The Morgan fingerprint density at radius 2 is 1.89 bits per heavy atom. The van der Waals surface area contributed by atoms with Crippen LogP contribution in [0.2, 0.25) is 0 Å². The second kappa shape index (κ2) is 8.15. The van der Waals surface area contributed by atoms with Crippen molar-refractivity contribution in [3.8, 4) is 0 Å². The van der Waals surface area contributed by atoms with Crippen molar-refractivity contribution in [2.75, 3.05) is 38.2 Å². The molecule has 5 rings (SSSR count). The molecule has 2 aliphatic rings. The number of morpholine rings is 1. The van der Waals surface area contributed by atoms with E-state index in [-0.39, 0.29) is 6.04 Å². The lowest BCUT2D eigenvalue weighted by Crippen LogP contribution is -2.40. The SMILES string of the molecule is c1ccc(C(CN2CCOCC2)Nc2ncnc3sc4c(c23)CCCC4)cc1. The summed E-state index contributed by atoms with van der Waals surface area (Å²) in [6.45, 7) is 4.55. The maximum Gasteiger partial charge on any atom is 0.138 e. The first-order valence-electron chi connectivity index (χ1n) is 10.3. The Kier molecular flexibility index (Phi) is 5.25. The summed E-state index contributed by atoms with van der Waals surface area (Å²) in [6.07, 6.45) is 6.61. The third-order valence-electron chi connectivity index (χ3n) is 5.81. The molecule has 146 valence electrons. The van der Waals surface area contributed by atoms with Gasteiger partial charge in [-0.2, -0.15) is 0 Å². The van der Waals surface area contributed by atoms with Crippen LogP contribution in [0.5, 0.6) is 0 Å². The first-order chi connectivity index (χ1) is 13.9. The van der Waals surface area contributed by atoms with Gasteiger partial charge in [-0.1, -0.05) is 30.3 Å². The number of anilines is 1. The minimum atomic E-state index is 0.191. The molecule has 0 bridgehead atoms. The van der Waals surface area contributed by atoms with Crippen molar-refractivity contribution in [1.29, 1.82) is 0 Å². The number of thiophene rings is 1. The highest BCUT2D eigenvalue weighted by Gasteiger charge is 2.23. The number of benzene rings is 1. The molecular weight excluding hydrogens is 368 g/mol. The Bertz CT molecular complexity index is 936. The van der Waals surface area contributed by atoms with E-state index in [1.165, 1.54) is 40.7 Å². The molecule has 1 unspecified atom stereocenters. The number of hydrogen-bond acceptors (Lipinski definition) is 6. The van der Waals surface area contributed by atoms with Crippen molar-refractivity contribution in [3.05, 3.63) is 52.7 Å². The number of aromatic nitrogens is 2. The predicted molar refractivity (Wildman–Crippen MR) is 114 cm³/mol. The van der Waals surface area contributed by atoms with Gasteiger partial charge in [0.25, 0.3) is 0 Å². The molecule has 0 amide bonds. The van der Waals surface area contributed by atoms with Gasteiger partial charge in [0.05, 0.1) is 24.6 Å². The lowest BCUT2D eigenvalue weighted by Gasteiger charge is -2.31. The summed E-state index contributed by atoms with van der Waals surface area (Å²) in [5.74, 6) is 0.992. The number of aryl methyl sites for hydroxylation is 2. The number of nitrogens with one attached hydrogen (secondary N) is 1. The van der Waals surface area contributed by atoms with Crippen LogP contribution in [0.4, 0.5) is 5.82 Å². The summed E-state index contributed by atoms with van der Waals surface area (Å²) in [6, 6.07) is 10.9. The molecule has 5 nitrogen and oxygen atoms in total. The first-order valence-corrected chi connectivity index (χ1v) is 11.1. The average molecular weight is 395 g/mol. The van der Waals surface area contributed by atoms with E-state index in [1.54, 1.807) is 6.33 Å². The van der Waals surface area contributed by atoms with Gasteiger partial charge < -0.3 is 10.1 Å². The van der Waals surface area contributed by atoms with Crippen molar-refractivity contribution in [2.45, 2.75) is 31.7 Å². The zero-order valence-corrected chi connectivity index (χ0v) is 16.9. The van der Waals surface area contributed by atoms with E-state index in [2.05, 4.69) is 50.5 Å². The maximum atomic E-state index is 5.53. The molecule has 0 saturated carbocycles. The standard InChI is InChI=1S/C22H26N4OS/c1-2-6-16(7-3-1)18(14-26-10-12-27-13-11-26)25-21-20-17-8-4-5-9-19(17)28-22(20)24-15-23-21/h1-3,6-7,15,18H,4-5,8-14H2,(H,23,24,25). The number of rotatable bonds is 5. The zero-order valence-electron chi connectivity index (χ0n) is 16.1. The molecule has 6 heteroatoms. The van der Waals surface area contributed by atoms with Crippen LogP contribution in [0.1, 0.15) is 34.9 Å². The summed E-state index contributed by atoms with van der Waals surface area (Å²) in [4.78, 5) is 14.4. The summed E-state index contributed by atoms with van der Waals surface area (Å²) in [7, 11) is 0. The van der Waals surface area contributed by atoms with Crippen LogP contribution >= 0.6 is 11.3 Å². The molecule has 1 atom stereocenters. The average Bonchev–Trinajstić information content (AvgIpc) is 3.14. The van der Waals surface area contributed by atoms with Gasteiger partial charge in [-0.25, -0.2) is 9.97 Å². The molecule has 1 aromatic carbocycles. The predicted octanol–water partition coefficient (Wildman–Crippen LogP) is 4.06. The van der Waals surface area contributed by atoms with Gasteiger partial charge in [0.2, 0.25) is 0 Å². The maximum absolute atomic E-state index is 5.53. The van der Waals surface area contributed by atoms with E-state index < -0.39 is 0 Å². The topological polar surface area (TPSA) is 50.3 Å². The van der Waals surface area contributed by atoms with Crippen molar-refractivity contribution in [3.63, 3.8) is 0 Å². The van der Waals surface area contributed by atoms with Gasteiger partial charge in [-0.05, 0) is 36.8 Å². The van der Waals surface area contributed by atoms with Crippen LogP contribution in [0.3, 0.4) is 0 Å². The third-order valence-corrected chi connectivity index (χ3v) is 7.01. The van der Waals surface area contributed by atoms with Crippen LogP contribution in [-0.2, 0) is 17.6 Å². The Labute approximate surface area is 169 Å². The van der Waals surface area contributed by atoms with E-state index in [0.717, 1.165) is 49.9 Å². The molecule has 0 spiro atoms. The van der Waals surface area contributed by atoms with Crippen LogP contribution in [-0.4, -0.2) is 47.7 Å². The first kappa shape index (κ1) is 18.0. The Hall–Kier alpha value is -2.02. The Balaban J connectivity index is 1.49. The third kappa shape index (κ3) is 3.64. The second-order valence-electron chi connectivity index (χ2n) is 7.63. The van der Waals surface area contributed by atoms with Gasteiger partial charge in [-0.15, -0.1) is 11.3 Å². The Morgan fingerprint density at radius 1 is 1.07 bits per heavy atom. The van der Waals surface area contributed by atoms with Gasteiger partial charge in [0, 0.05) is 24.5 Å². The minimum absolute atomic E-state index is 0.191. The quantitative estimate of drug-likeness (QED) is 0.707. The van der Waals surface area contributed by atoms with Crippen LogP contribution in [0.25, 0.3) is 10.2 Å².